The second-order valence-electron chi connectivity index (χ2n) is 16.0. The van der Waals surface area contributed by atoms with E-state index < -0.39 is 0 Å². The van der Waals surface area contributed by atoms with E-state index in [9.17, 15) is 0 Å². The lowest BCUT2D eigenvalue weighted by molar-refractivity contribution is 0.465. The van der Waals surface area contributed by atoms with Gasteiger partial charge in [-0.2, -0.15) is 0 Å². The molecule has 0 saturated carbocycles. The number of ether oxygens (including phenoxy) is 2. The Morgan fingerprint density at radius 1 is 0.322 bits per heavy atom. The monoisotopic (exact) mass is 760 g/mol. The second-order valence-corrected chi connectivity index (χ2v) is 16.0. The minimum atomic E-state index is -0.149. The van der Waals surface area contributed by atoms with Gasteiger partial charge in [-0.15, -0.1) is 0 Å². The topological polar surface area (TPSA) is 24.9 Å². The molecule has 2 aliphatic heterocycles. The van der Waals surface area contributed by atoms with Gasteiger partial charge in [0.05, 0.1) is 11.4 Å². The van der Waals surface area contributed by atoms with Gasteiger partial charge in [0.25, 0.3) is 6.71 Å². The van der Waals surface area contributed by atoms with Crippen LogP contribution in [0.2, 0.25) is 0 Å². The molecule has 0 aromatic heterocycles. The maximum Gasteiger partial charge on any atom is 0.262 e. The summed E-state index contributed by atoms with van der Waals surface area (Å²) in [4.78, 5) is 4.76. The van der Waals surface area contributed by atoms with Crippen molar-refractivity contribution in [1.29, 1.82) is 0 Å². The fourth-order valence-corrected chi connectivity index (χ4v) is 9.42. The van der Waals surface area contributed by atoms with Crippen LogP contribution in [0.1, 0.15) is 22.3 Å². The molecule has 5 heteroatoms. The van der Waals surface area contributed by atoms with Gasteiger partial charge in [0.2, 0.25) is 0 Å². The van der Waals surface area contributed by atoms with E-state index in [-0.39, 0.29) is 6.71 Å². The Balaban J connectivity index is 1.19. The normalized spacial score (nSPS) is 12.3. The highest BCUT2D eigenvalue weighted by atomic mass is 16.5. The summed E-state index contributed by atoms with van der Waals surface area (Å²) in [5.41, 5.74) is 14.7. The van der Waals surface area contributed by atoms with Crippen molar-refractivity contribution in [2.24, 2.45) is 0 Å². The van der Waals surface area contributed by atoms with Crippen molar-refractivity contribution >= 4 is 78.8 Å². The maximum absolute atomic E-state index is 7.05. The van der Waals surface area contributed by atoms with Crippen molar-refractivity contribution in [3.8, 4) is 23.0 Å². The van der Waals surface area contributed by atoms with Crippen molar-refractivity contribution in [2.45, 2.75) is 27.7 Å². The number of anilines is 6. The molecule has 0 atom stereocenters. The summed E-state index contributed by atoms with van der Waals surface area (Å²) >= 11 is 0. The summed E-state index contributed by atoms with van der Waals surface area (Å²) in [6.45, 7) is 8.46. The van der Waals surface area contributed by atoms with Crippen molar-refractivity contribution in [1.82, 2.24) is 0 Å². The molecule has 0 aliphatic carbocycles. The van der Waals surface area contributed by atoms with Crippen LogP contribution in [0.3, 0.4) is 0 Å². The molecule has 9 aromatic rings. The van der Waals surface area contributed by atoms with E-state index in [1.807, 2.05) is 6.07 Å². The van der Waals surface area contributed by atoms with Crippen molar-refractivity contribution in [2.75, 3.05) is 9.80 Å². The van der Waals surface area contributed by atoms with E-state index in [0.29, 0.717) is 0 Å². The molecule has 0 unspecified atom stereocenters. The Morgan fingerprint density at radius 3 is 1.02 bits per heavy atom. The number of rotatable bonds is 6. The SMILES string of the molecule is Cc1cccc(N(c2cccc(C)c2)c2cc3c(c4ccccc24)B2c4c(cccc4Oc4cc(N(c5cccc(C)c5)c5cccc(C)c5)c5ccccc5c42)O3)c1. The lowest BCUT2D eigenvalue weighted by atomic mass is 9.33. The zero-order valence-electron chi connectivity index (χ0n) is 33.5. The Hall–Kier alpha value is -7.24. The van der Waals surface area contributed by atoms with Crippen LogP contribution in [0.15, 0.2) is 176 Å². The first-order valence-electron chi connectivity index (χ1n) is 20.4. The fourth-order valence-electron chi connectivity index (χ4n) is 9.42. The smallest absolute Gasteiger partial charge is 0.262 e. The molecule has 2 aliphatic rings. The molecule has 0 fully saturated rings. The minimum absolute atomic E-state index is 0.149. The quantitative estimate of drug-likeness (QED) is 0.158. The Kier molecular flexibility index (Phi) is 8.13. The number of fused-ring (bicyclic) bond motifs is 8. The van der Waals surface area contributed by atoms with Gasteiger partial charge in [0.1, 0.15) is 23.0 Å². The summed E-state index contributed by atoms with van der Waals surface area (Å²) in [5, 5.41) is 4.60. The van der Waals surface area contributed by atoms with Gasteiger partial charge in [0, 0.05) is 51.1 Å². The zero-order chi connectivity index (χ0) is 39.8. The lowest BCUT2D eigenvalue weighted by Crippen LogP contribution is -2.58. The number of aryl methyl sites for hydroxylation is 4. The Morgan fingerprint density at radius 2 is 0.661 bits per heavy atom. The van der Waals surface area contributed by atoms with E-state index in [4.69, 9.17) is 9.47 Å². The van der Waals surface area contributed by atoms with Gasteiger partial charge in [-0.1, -0.05) is 103 Å². The number of hydrogen-bond acceptors (Lipinski definition) is 4. The van der Waals surface area contributed by atoms with E-state index in [1.165, 1.54) is 22.3 Å². The second kappa shape index (κ2) is 13.7. The largest absolute Gasteiger partial charge is 0.458 e. The molecule has 282 valence electrons. The first-order chi connectivity index (χ1) is 28.9. The molecule has 0 saturated heterocycles. The third-order valence-electron chi connectivity index (χ3n) is 11.9. The van der Waals surface area contributed by atoms with Gasteiger partial charge in [-0.25, -0.2) is 0 Å². The summed E-state index contributed by atoms with van der Waals surface area (Å²) in [6.07, 6.45) is 0. The average molecular weight is 761 g/mol. The van der Waals surface area contributed by atoms with Crippen LogP contribution in [0.4, 0.5) is 34.1 Å². The number of benzene rings is 9. The number of hydrogen-bond donors (Lipinski definition) is 0. The minimum Gasteiger partial charge on any atom is -0.458 e. The Labute approximate surface area is 345 Å². The molecule has 59 heavy (non-hydrogen) atoms. The molecule has 0 amide bonds. The number of nitrogens with zero attached hydrogens (tertiary/aromatic N) is 2. The molecular formula is C54H41BN2O2. The highest BCUT2D eigenvalue weighted by Gasteiger charge is 2.43. The highest BCUT2D eigenvalue weighted by Crippen LogP contribution is 2.47. The van der Waals surface area contributed by atoms with Crippen LogP contribution in [0.25, 0.3) is 21.5 Å². The van der Waals surface area contributed by atoms with Gasteiger partial charge >= 0.3 is 0 Å². The van der Waals surface area contributed by atoms with Gasteiger partial charge in [-0.3, -0.25) is 0 Å². The molecule has 11 rings (SSSR count). The summed E-state index contributed by atoms with van der Waals surface area (Å²) in [7, 11) is 0. The maximum atomic E-state index is 7.05. The molecular weight excluding hydrogens is 719 g/mol. The van der Waals surface area contributed by atoms with Crippen LogP contribution in [-0.2, 0) is 0 Å². The molecule has 2 heterocycles. The van der Waals surface area contributed by atoms with Crippen LogP contribution in [-0.4, -0.2) is 6.71 Å². The van der Waals surface area contributed by atoms with Crippen LogP contribution in [0, 0.1) is 27.7 Å². The first-order valence-corrected chi connectivity index (χ1v) is 20.4. The molecule has 4 nitrogen and oxygen atoms in total. The summed E-state index contributed by atoms with van der Waals surface area (Å²) in [6, 6.07) is 63.4. The van der Waals surface area contributed by atoms with Crippen LogP contribution >= 0.6 is 0 Å². The fraction of sp³-hybridized carbons (Fsp3) is 0.0741. The molecule has 0 N–H and O–H groups in total. The van der Waals surface area contributed by atoms with Crippen molar-refractivity contribution in [3.05, 3.63) is 198 Å². The lowest BCUT2D eigenvalue weighted by Gasteiger charge is -2.37. The highest BCUT2D eigenvalue weighted by molar-refractivity contribution is 7.01. The Bertz CT molecular complexity index is 2860. The molecule has 9 aromatic carbocycles. The van der Waals surface area contributed by atoms with Crippen molar-refractivity contribution < 1.29 is 9.47 Å². The molecule has 0 radical (unpaired) electrons. The first kappa shape index (κ1) is 35.0. The molecule has 0 spiro atoms. The summed E-state index contributed by atoms with van der Waals surface area (Å²) in [5.74, 6) is 3.33. The van der Waals surface area contributed by atoms with Gasteiger partial charge in [-0.05, 0) is 132 Å². The van der Waals surface area contributed by atoms with E-state index in [2.05, 4.69) is 207 Å². The van der Waals surface area contributed by atoms with Gasteiger partial charge in [0.15, 0.2) is 0 Å². The standard InChI is InChI=1S/C54H41BN2O2/c1-34-14-9-18-38(28-34)56(39-19-10-15-35(2)29-39)46-32-50-52(44-24-7-5-22-42(44)46)55-53-45-25-8-6-23-43(45)47(33-51(53)59-49-27-13-26-48(58-50)54(49)55)57(40-20-11-16-36(3)30-40)41-21-12-17-37(4)31-41/h5-33H,1-4H3. The predicted octanol–water partition coefficient (Wildman–Crippen LogP) is 12.9. The van der Waals surface area contributed by atoms with E-state index in [1.54, 1.807) is 0 Å². The third-order valence-corrected chi connectivity index (χ3v) is 11.9. The van der Waals surface area contributed by atoms with Crippen LogP contribution in [0.5, 0.6) is 23.0 Å². The van der Waals surface area contributed by atoms with E-state index >= 15 is 0 Å². The van der Waals surface area contributed by atoms with Gasteiger partial charge < -0.3 is 19.3 Å². The summed E-state index contributed by atoms with van der Waals surface area (Å²) < 4.78 is 14.1. The zero-order valence-corrected chi connectivity index (χ0v) is 33.5. The van der Waals surface area contributed by atoms with Crippen LogP contribution < -0.4 is 35.7 Å². The predicted molar refractivity (Wildman–Crippen MR) is 247 cm³/mol. The third kappa shape index (κ3) is 5.76. The van der Waals surface area contributed by atoms with E-state index in [0.717, 1.165) is 95.1 Å². The molecule has 0 bridgehead atoms. The average Bonchev–Trinajstić information content (AvgIpc) is 3.24. The van der Waals surface area contributed by atoms with Crippen molar-refractivity contribution in [3.63, 3.8) is 0 Å².